The highest BCUT2D eigenvalue weighted by Gasteiger charge is 2.16. The lowest BCUT2D eigenvalue weighted by atomic mass is 9.97. The topological polar surface area (TPSA) is 46.5 Å². The third kappa shape index (κ3) is 2.68. The highest BCUT2D eigenvalue weighted by molar-refractivity contribution is 5.68. The van der Waals surface area contributed by atoms with Gasteiger partial charge in [-0.25, -0.2) is 8.78 Å². The fourth-order valence-electron chi connectivity index (χ4n) is 1.44. The third-order valence-electron chi connectivity index (χ3n) is 2.27. The molecular formula is C11H12F2O3. The van der Waals surface area contributed by atoms with E-state index in [1.165, 1.54) is 7.11 Å². The van der Waals surface area contributed by atoms with E-state index >= 15 is 0 Å². The van der Waals surface area contributed by atoms with Crippen LogP contribution < -0.4 is 4.74 Å². The Morgan fingerprint density at radius 3 is 2.31 bits per heavy atom. The highest BCUT2D eigenvalue weighted by atomic mass is 19.1. The lowest BCUT2D eigenvalue weighted by Crippen LogP contribution is -2.04. The summed E-state index contributed by atoms with van der Waals surface area (Å²) in [4.78, 5) is 10.5. The number of hydrogen-bond donors (Lipinski definition) is 1. The first-order chi connectivity index (χ1) is 7.45. The Bertz CT molecular complexity index is 381. The highest BCUT2D eigenvalue weighted by Crippen LogP contribution is 2.27. The average molecular weight is 230 g/mol. The predicted octanol–water partition coefficient (Wildman–Crippen LogP) is 2.55. The van der Waals surface area contributed by atoms with E-state index in [1.807, 2.05) is 0 Å². The number of carboxylic acids is 1. The van der Waals surface area contributed by atoms with Crippen molar-refractivity contribution in [3.8, 4) is 5.75 Å². The van der Waals surface area contributed by atoms with E-state index in [1.54, 1.807) is 6.92 Å². The maximum Gasteiger partial charge on any atom is 0.303 e. The number of benzene rings is 1. The molecule has 0 saturated heterocycles. The van der Waals surface area contributed by atoms with E-state index in [2.05, 4.69) is 4.74 Å². The van der Waals surface area contributed by atoms with Gasteiger partial charge in [0.2, 0.25) is 0 Å². The SMILES string of the molecule is COc1c(F)cc(C(C)CC(=O)O)cc1F. The maximum atomic E-state index is 13.3. The Balaban J connectivity index is 3.03. The van der Waals surface area contributed by atoms with Crippen LogP contribution >= 0.6 is 0 Å². The average Bonchev–Trinajstić information content (AvgIpc) is 2.16. The van der Waals surface area contributed by atoms with E-state index in [0.717, 1.165) is 12.1 Å². The lowest BCUT2D eigenvalue weighted by Gasteiger charge is -2.11. The molecule has 0 spiro atoms. The summed E-state index contributed by atoms with van der Waals surface area (Å²) in [5.74, 6) is -3.56. The van der Waals surface area contributed by atoms with Crippen molar-refractivity contribution in [2.45, 2.75) is 19.3 Å². The van der Waals surface area contributed by atoms with E-state index in [9.17, 15) is 13.6 Å². The molecule has 0 aliphatic carbocycles. The van der Waals surface area contributed by atoms with Gasteiger partial charge in [0.05, 0.1) is 13.5 Å². The number of hydrogen-bond acceptors (Lipinski definition) is 2. The quantitative estimate of drug-likeness (QED) is 0.864. The number of ether oxygens (including phenoxy) is 1. The van der Waals surface area contributed by atoms with Crippen molar-refractivity contribution in [3.05, 3.63) is 29.3 Å². The Hall–Kier alpha value is -1.65. The van der Waals surface area contributed by atoms with Crippen molar-refractivity contribution < 1.29 is 23.4 Å². The molecule has 0 saturated carbocycles. The third-order valence-corrected chi connectivity index (χ3v) is 2.27. The van der Waals surface area contributed by atoms with Crippen LogP contribution in [0.15, 0.2) is 12.1 Å². The van der Waals surface area contributed by atoms with Crippen LogP contribution in [0, 0.1) is 11.6 Å². The van der Waals surface area contributed by atoms with Gasteiger partial charge in [-0.15, -0.1) is 0 Å². The minimum atomic E-state index is -1.01. The van der Waals surface area contributed by atoms with Crippen molar-refractivity contribution in [3.63, 3.8) is 0 Å². The number of carboxylic acid groups (broad SMARTS) is 1. The summed E-state index contributed by atoms with van der Waals surface area (Å²) in [7, 11) is 1.17. The van der Waals surface area contributed by atoms with Gasteiger partial charge in [0.15, 0.2) is 17.4 Å². The van der Waals surface area contributed by atoms with Crippen molar-refractivity contribution in [2.24, 2.45) is 0 Å². The Morgan fingerprint density at radius 2 is 1.94 bits per heavy atom. The molecule has 1 aromatic carbocycles. The molecule has 0 aromatic heterocycles. The Kier molecular flexibility index (Phi) is 3.82. The number of halogens is 2. The molecule has 0 bridgehead atoms. The molecule has 88 valence electrons. The van der Waals surface area contributed by atoms with E-state index in [-0.39, 0.29) is 6.42 Å². The van der Waals surface area contributed by atoms with Crippen LogP contribution in [-0.4, -0.2) is 18.2 Å². The molecule has 0 heterocycles. The summed E-state index contributed by atoms with van der Waals surface area (Å²) < 4.78 is 31.1. The Labute approximate surface area is 91.7 Å². The molecule has 0 aliphatic rings. The molecule has 0 aliphatic heterocycles. The molecule has 1 unspecified atom stereocenters. The number of methoxy groups -OCH3 is 1. The number of rotatable bonds is 4. The molecule has 1 atom stereocenters. The molecule has 1 rings (SSSR count). The summed E-state index contributed by atoms with van der Waals surface area (Å²) in [6.07, 6.45) is -0.175. The zero-order valence-corrected chi connectivity index (χ0v) is 8.96. The minimum Gasteiger partial charge on any atom is -0.491 e. The first-order valence-corrected chi connectivity index (χ1v) is 4.70. The van der Waals surface area contributed by atoms with Gasteiger partial charge in [-0.2, -0.15) is 0 Å². The number of aliphatic carboxylic acids is 1. The fraction of sp³-hybridized carbons (Fsp3) is 0.364. The molecule has 5 heteroatoms. The minimum absolute atomic E-state index is 0.175. The molecule has 0 amide bonds. The van der Waals surface area contributed by atoms with Gasteiger partial charge in [-0.05, 0) is 23.6 Å². The maximum absolute atomic E-state index is 13.3. The first-order valence-electron chi connectivity index (χ1n) is 4.70. The summed E-state index contributed by atoms with van der Waals surface area (Å²) in [6, 6.07) is 2.19. The van der Waals surface area contributed by atoms with Crippen LogP contribution in [-0.2, 0) is 4.79 Å². The van der Waals surface area contributed by atoms with Gasteiger partial charge < -0.3 is 9.84 Å². The van der Waals surface area contributed by atoms with Crippen LogP contribution in [0.3, 0.4) is 0 Å². The molecule has 1 N–H and O–H groups in total. The predicted molar refractivity (Wildman–Crippen MR) is 53.6 cm³/mol. The van der Waals surface area contributed by atoms with Crippen LogP contribution in [0.5, 0.6) is 5.75 Å². The molecule has 3 nitrogen and oxygen atoms in total. The fourth-order valence-corrected chi connectivity index (χ4v) is 1.44. The first kappa shape index (κ1) is 12.4. The van der Waals surface area contributed by atoms with Crippen LogP contribution in [0.2, 0.25) is 0 Å². The monoisotopic (exact) mass is 230 g/mol. The normalized spacial score (nSPS) is 12.2. The van der Waals surface area contributed by atoms with Gasteiger partial charge >= 0.3 is 5.97 Å². The summed E-state index contributed by atoms with van der Waals surface area (Å²) in [5, 5.41) is 8.57. The van der Waals surface area contributed by atoms with Gasteiger partial charge in [0.1, 0.15) is 0 Å². The Morgan fingerprint density at radius 1 is 1.44 bits per heavy atom. The van der Waals surface area contributed by atoms with Crippen molar-refractivity contribution in [1.29, 1.82) is 0 Å². The van der Waals surface area contributed by atoms with Crippen LogP contribution in [0.25, 0.3) is 0 Å². The zero-order chi connectivity index (χ0) is 12.3. The van der Waals surface area contributed by atoms with Crippen LogP contribution in [0.4, 0.5) is 8.78 Å². The summed E-state index contributed by atoms with van der Waals surface area (Å²) in [5.41, 5.74) is 0.304. The second kappa shape index (κ2) is 4.92. The van der Waals surface area contributed by atoms with Crippen molar-refractivity contribution in [2.75, 3.05) is 7.11 Å². The van der Waals surface area contributed by atoms with Crippen molar-refractivity contribution in [1.82, 2.24) is 0 Å². The van der Waals surface area contributed by atoms with Gasteiger partial charge in [-0.3, -0.25) is 4.79 Å². The van der Waals surface area contributed by atoms with E-state index < -0.39 is 29.3 Å². The van der Waals surface area contributed by atoms with Crippen molar-refractivity contribution >= 4 is 5.97 Å². The molecule has 0 radical (unpaired) electrons. The molecular weight excluding hydrogens is 218 g/mol. The van der Waals surface area contributed by atoms with Crippen LogP contribution in [0.1, 0.15) is 24.8 Å². The second-order valence-corrected chi connectivity index (χ2v) is 3.52. The largest absolute Gasteiger partial charge is 0.491 e. The van der Waals surface area contributed by atoms with E-state index in [0.29, 0.717) is 5.56 Å². The molecule has 16 heavy (non-hydrogen) atoms. The zero-order valence-electron chi connectivity index (χ0n) is 8.96. The van der Waals surface area contributed by atoms with Gasteiger partial charge in [0.25, 0.3) is 0 Å². The smallest absolute Gasteiger partial charge is 0.303 e. The second-order valence-electron chi connectivity index (χ2n) is 3.52. The lowest BCUT2D eigenvalue weighted by molar-refractivity contribution is -0.137. The molecule has 0 fully saturated rings. The number of carbonyl (C=O) groups is 1. The standard InChI is InChI=1S/C11H12F2O3/c1-6(3-10(14)15)7-4-8(12)11(16-2)9(13)5-7/h4-6H,3H2,1-2H3,(H,14,15). The molecule has 1 aromatic rings. The van der Waals surface area contributed by atoms with Gasteiger partial charge in [-0.1, -0.05) is 6.92 Å². The van der Waals surface area contributed by atoms with Gasteiger partial charge in [0, 0.05) is 0 Å². The summed E-state index contributed by atoms with van der Waals surface area (Å²) in [6.45, 7) is 1.59. The van der Waals surface area contributed by atoms with E-state index in [4.69, 9.17) is 5.11 Å². The summed E-state index contributed by atoms with van der Waals surface area (Å²) >= 11 is 0.